The zero-order chi connectivity index (χ0) is 27.8. The number of alkyl halides is 6. The van der Waals surface area contributed by atoms with Crippen LogP contribution >= 0.6 is 0 Å². The lowest BCUT2D eigenvalue weighted by Crippen LogP contribution is -2.34. The SMILES string of the molecule is CCS(=O)(=O)c1cc(-c2noc(C3(F)CC3)n2)c[n+]([O-])c1-c1nc2cc(C(F)(F)C(F)(F)F)nnc2n1C. The number of aryl methyl sites for hydroxylation is 1. The number of aromatic nitrogens is 7. The lowest BCUT2D eigenvalue weighted by atomic mass is 10.2. The summed E-state index contributed by atoms with van der Waals surface area (Å²) in [5, 5.41) is 23.1. The van der Waals surface area contributed by atoms with Crippen LogP contribution in [0.4, 0.5) is 26.3 Å². The van der Waals surface area contributed by atoms with E-state index < -0.39 is 61.0 Å². The van der Waals surface area contributed by atoms with E-state index in [1.165, 1.54) is 14.0 Å². The fourth-order valence-corrected chi connectivity index (χ4v) is 4.71. The van der Waals surface area contributed by atoms with Gasteiger partial charge in [0.2, 0.25) is 11.6 Å². The van der Waals surface area contributed by atoms with Crippen LogP contribution in [0.25, 0.3) is 34.1 Å². The van der Waals surface area contributed by atoms with Crippen molar-refractivity contribution in [1.82, 2.24) is 29.9 Å². The number of pyridine rings is 1. The summed E-state index contributed by atoms with van der Waals surface area (Å²) in [6, 6.07) is 1.38. The number of hydrogen-bond acceptors (Lipinski definition) is 9. The molecule has 0 amide bonds. The molecule has 4 aromatic rings. The van der Waals surface area contributed by atoms with Gasteiger partial charge in [-0.2, -0.15) is 31.7 Å². The molecule has 1 fully saturated rings. The molecule has 5 rings (SSSR count). The van der Waals surface area contributed by atoms with Crippen LogP contribution in [0.1, 0.15) is 31.4 Å². The molecule has 0 unspecified atom stereocenters. The topological polar surface area (TPSA) is 144 Å². The summed E-state index contributed by atoms with van der Waals surface area (Å²) < 4.78 is 112. The Labute approximate surface area is 208 Å². The van der Waals surface area contributed by atoms with Crippen molar-refractivity contribution in [2.24, 2.45) is 7.05 Å². The molecule has 4 heterocycles. The molecule has 18 heteroatoms. The van der Waals surface area contributed by atoms with Gasteiger partial charge in [0.15, 0.2) is 27.4 Å². The summed E-state index contributed by atoms with van der Waals surface area (Å²) in [4.78, 5) is 7.26. The Morgan fingerprint density at radius 2 is 1.84 bits per heavy atom. The third-order valence-corrected chi connectivity index (χ3v) is 7.72. The monoisotopic (exact) mass is 563 g/mol. The Bertz CT molecular complexity index is 1700. The first-order valence-electron chi connectivity index (χ1n) is 10.8. The Morgan fingerprint density at radius 1 is 1.16 bits per heavy atom. The van der Waals surface area contributed by atoms with E-state index in [1.807, 2.05) is 0 Å². The molecule has 0 N–H and O–H groups in total. The largest absolute Gasteiger partial charge is 0.618 e. The predicted octanol–water partition coefficient (Wildman–Crippen LogP) is 3.12. The van der Waals surface area contributed by atoms with Gasteiger partial charge >= 0.3 is 12.1 Å². The van der Waals surface area contributed by atoms with E-state index in [0.717, 1.165) is 16.8 Å². The lowest BCUT2D eigenvalue weighted by molar-refractivity contribution is -0.595. The molecular formula is C20H15F6N7O4S. The molecule has 0 spiro atoms. The molecule has 1 aliphatic rings. The summed E-state index contributed by atoms with van der Waals surface area (Å²) in [6.07, 6.45) is -4.77. The van der Waals surface area contributed by atoms with Crippen molar-refractivity contribution in [3.63, 3.8) is 0 Å². The molecule has 1 saturated carbocycles. The molecule has 0 aliphatic heterocycles. The van der Waals surface area contributed by atoms with Crippen LogP contribution in [0, 0.1) is 5.21 Å². The highest BCUT2D eigenvalue weighted by atomic mass is 32.2. The first-order valence-corrected chi connectivity index (χ1v) is 12.4. The molecule has 202 valence electrons. The van der Waals surface area contributed by atoms with Gasteiger partial charge in [0, 0.05) is 7.05 Å². The van der Waals surface area contributed by atoms with Crippen LogP contribution in [0.5, 0.6) is 0 Å². The summed E-state index contributed by atoms with van der Waals surface area (Å²) in [5.41, 5.74) is -5.03. The van der Waals surface area contributed by atoms with Crippen molar-refractivity contribution in [2.45, 2.75) is 42.4 Å². The van der Waals surface area contributed by atoms with Gasteiger partial charge in [-0.05, 0) is 25.0 Å². The minimum absolute atomic E-state index is 0.0934. The standard InChI is InChI=1S/C20H15F6N7O4S/c1-3-38(35,36)11-6-9(14-28-17(37-31-14)18(21)4-5-18)8-33(34)13(11)16-27-10-7-12(19(22,23)20(24,25)26)29-30-15(10)32(16)2/h6-8H,3-5H2,1-2H3. The zero-order valence-electron chi connectivity index (χ0n) is 19.3. The van der Waals surface area contributed by atoms with Crippen LogP contribution in [-0.2, 0) is 28.5 Å². The van der Waals surface area contributed by atoms with Gasteiger partial charge in [0.05, 0.1) is 11.3 Å². The fraction of sp³-hybridized carbons (Fsp3) is 0.400. The second-order valence-corrected chi connectivity index (χ2v) is 10.8. The number of sulfone groups is 1. The number of fused-ring (bicyclic) bond motifs is 1. The third kappa shape index (κ3) is 3.93. The molecule has 0 bridgehead atoms. The zero-order valence-corrected chi connectivity index (χ0v) is 20.1. The van der Waals surface area contributed by atoms with E-state index in [1.54, 1.807) is 0 Å². The summed E-state index contributed by atoms with van der Waals surface area (Å²) >= 11 is 0. The minimum Gasteiger partial charge on any atom is -0.618 e. The van der Waals surface area contributed by atoms with Crippen LogP contribution < -0.4 is 4.73 Å². The predicted molar refractivity (Wildman–Crippen MR) is 114 cm³/mol. The summed E-state index contributed by atoms with van der Waals surface area (Å²) in [7, 11) is -2.95. The van der Waals surface area contributed by atoms with Gasteiger partial charge in [-0.1, -0.05) is 12.1 Å². The maximum atomic E-state index is 14.3. The highest BCUT2D eigenvalue weighted by Crippen LogP contribution is 2.49. The number of hydrogen-bond donors (Lipinski definition) is 0. The van der Waals surface area contributed by atoms with Gasteiger partial charge in [-0.25, -0.2) is 17.8 Å². The molecule has 0 saturated heterocycles. The van der Waals surface area contributed by atoms with Gasteiger partial charge in [-0.3, -0.25) is 0 Å². The Morgan fingerprint density at radius 3 is 2.45 bits per heavy atom. The average Bonchev–Trinajstić information content (AvgIpc) is 3.26. The number of rotatable bonds is 6. The maximum absolute atomic E-state index is 14.3. The van der Waals surface area contributed by atoms with Crippen LogP contribution in [0.15, 0.2) is 27.7 Å². The van der Waals surface area contributed by atoms with E-state index in [2.05, 4.69) is 25.3 Å². The van der Waals surface area contributed by atoms with Gasteiger partial charge in [-0.15, -0.1) is 10.2 Å². The molecule has 0 atom stereocenters. The van der Waals surface area contributed by atoms with Gasteiger partial charge < -0.3 is 14.3 Å². The van der Waals surface area contributed by atoms with Gasteiger partial charge in [0.25, 0.3) is 11.6 Å². The van der Waals surface area contributed by atoms with E-state index >= 15 is 0 Å². The fourth-order valence-electron chi connectivity index (χ4n) is 3.61. The highest BCUT2D eigenvalue weighted by molar-refractivity contribution is 7.91. The highest BCUT2D eigenvalue weighted by Gasteiger charge is 2.60. The molecular weight excluding hydrogens is 548 g/mol. The third-order valence-electron chi connectivity index (χ3n) is 5.97. The van der Waals surface area contributed by atoms with E-state index in [0.29, 0.717) is 6.07 Å². The van der Waals surface area contributed by atoms with Crippen LogP contribution in [0.3, 0.4) is 0 Å². The van der Waals surface area contributed by atoms with Crippen molar-refractivity contribution in [1.29, 1.82) is 0 Å². The Kier molecular flexibility index (Phi) is 5.49. The minimum atomic E-state index is -5.96. The quantitative estimate of drug-likeness (QED) is 0.196. The van der Waals surface area contributed by atoms with E-state index in [-0.39, 0.29) is 40.5 Å². The second kappa shape index (κ2) is 8.08. The molecule has 4 aromatic heterocycles. The normalized spacial score (nSPS) is 15.8. The molecule has 0 aromatic carbocycles. The lowest BCUT2D eigenvalue weighted by Gasteiger charge is -2.17. The second-order valence-electron chi connectivity index (χ2n) is 8.56. The van der Waals surface area contributed by atoms with Crippen molar-refractivity contribution in [3.05, 3.63) is 35.1 Å². The van der Waals surface area contributed by atoms with Crippen LogP contribution in [0.2, 0.25) is 0 Å². The number of imidazole rings is 1. The first kappa shape index (κ1) is 25.8. The molecule has 0 radical (unpaired) electrons. The van der Waals surface area contributed by atoms with Crippen LogP contribution in [-0.4, -0.2) is 50.2 Å². The smallest absolute Gasteiger partial charge is 0.459 e. The van der Waals surface area contributed by atoms with E-state index in [4.69, 9.17) is 4.52 Å². The average molecular weight is 563 g/mol. The number of halogens is 6. The van der Waals surface area contributed by atoms with Crippen molar-refractivity contribution in [3.8, 4) is 22.9 Å². The summed E-state index contributed by atoms with van der Waals surface area (Å²) in [5.74, 6) is -6.83. The first-order chi connectivity index (χ1) is 17.6. The molecule has 1 aliphatic carbocycles. The Hall–Kier alpha value is -3.83. The maximum Gasteiger partial charge on any atom is 0.459 e. The Balaban J connectivity index is 1.69. The van der Waals surface area contributed by atoms with Crippen molar-refractivity contribution in [2.75, 3.05) is 5.75 Å². The number of nitrogens with zero attached hydrogens (tertiary/aromatic N) is 7. The van der Waals surface area contributed by atoms with Crippen molar-refractivity contribution >= 4 is 21.0 Å². The van der Waals surface area contributed by atoms with E-state index in [9.17, 15) is 40.0 Å². The molecule has 38 heavy (non-hydrogen) atoms. The molecule has 11 nitrogen and oxygen atoms in total. The van der Waals surface area contributed by atoms with Crippen molar-refractivity contribution < 1.29 is 44.0 Å². The van der Waals surface area contributed by atoms with Gasteiger partial charge in [0.1, 0.15) is 16.1 Å². The summed E-state index contributed by atoms with van der Waals surface area (Å²) in [6.45, 7) is 1.29.